The fraction of sp³-hybridized carbons (Fsp3) is 0.750. The van der Waals surface area contributed by atoms with Crippen molar-refractivity contribution < 1.29 is 9.52 Å². The quantitative estimate of drug-likeness (QED) is 0.762. The van der Waals surface area contributed by atoms with E-state index in [-0.39, 0.29) is 6.61 Å². The summed E-state index contributed by atoms with van der Waals surface area (Å²) in [5.74, 6) is 1.91. The number of aliphatic hydroxyl groups excluding tert-OH is 1. The molecule has 84 valence electrons. The Kier molecular flexibility index (Phi) is 3.41. The van der Waals surface area contributed by atoms with E-state index in [1.807, 2.05) is 6.92 Å². The number of oxazole rings is 1. The van der Waals surface area contributed by atoms with Gasteiger partial charge in [-0.1, -0.05) is 25.7 Å². The van der Waals surface area contributed by atoms with Crippen LogP contribution in [0.4, 0.5) is 0 Å². The predicted octanol–water partition coefficient (Wildman–Crippen LogP) is 2.91. The second kappa shape index (κ2) is 4.79. The van der Waals surface area contributed by atoms with Crippen molar-refractivity contribution >= 4 is 0 Å². The summed E-state index contributed by atoms with van der Waals surface area (Å²) in [5, 5.41) is 8.97. The van der Waals surface area contributed by atoms with Crippen molar-refractivity contribution in [3.8, 4) is 0 Å². The summed E-state index contributed by atoms with van der Waals surface area (Å²) in [6.07, 6.45) is 7.73. The van der Waals surface area contributed by atoms with Crippen molar-refractivity contribution in [2.45, 2.75) is 58.0 Å². The Hall–Kier alpha value is -0.830. The molecular formula is C12H19NO2. The zero-order valence-corrected chi connectivity index (χ0v) is 9.33. The van der Waals surface area contributed by atoms with Gasteiger partial charge < -0.3 is 9.52 Å². The van der Waals surface area contributed by atoms with Gasteiger partial charge in [-0.3, -0.25) is 0 Å². The van der Waals surface area contributed by atoms with E-state index in [2.05, 4.69) is 4.98 Å². The smallest absolute Gasteiger partial charge is 0.220 e. The molecule has 0 saturated heterocycles. The van der Waals surface area contributed by atoms with Crippen molar-refractivity contribution in [3.05, 3.63) is 17.3 Å². The van der Waals surface area contributed by atoms with Gasteiger partial charge in [0.1, 0.15) is 12.4 Å². The maximum atomic E-state index is 8.97. The van der Waals surface area contributed by atoms with Gasteiger partial charge in [-0.25, -0.2) is 4.98 Å². The third-order valence-corrected chi connectivity index (χ3v) is 3.25. The maximum Gasteiger partial charge on any atom is 0.220 e. The molecule has 1 heterocycles. The largest absolute Gasteiger partial charge is 0.443 e. The molecule has 1 aromatic heterocycles. The first-order valence-corrected chi connectivity index (χ1v) is 5.88. The van der Waals surface area contributed by atoms with Gasteiger partial charge in [0, 0.05) is 5.92 Å². The van der Waals surface area contributed by atoms with Crippen molar-refractivity contribution in [2.75, 3.05) is 0 Å². The van der Waals surface area contributed by atoms with E-state index in [9.17, 15) is 0 Å². The molecule has 0 bridgehead atoms. The third-order valence-electron chi connectivity index (χ3n) is 3.25. The molecule has 1 aliphatic rings. The van der Waals surface area contributed by atoms with Crippen molar-refractivity contribution in [1.29, 1.82) is 0 Å². The number of rotatable bonds is 2. The molecule has 0 radical (unpaired) electrons. The molecule has 3 heteroatoms. The normalized spacial score (nSPS) is 19.1. The molecule has 0 unspecified atom stereocenters. The van der Waals surface area contributed by atoms with Gasteiger partial charge in [0.2, 0.25) is 5.89 Å². The highest BCUT2D eigenvalue weighted by molar-refractivity contribution is 5.14. The van der Waals surface area contributed by atoms with E-state index >= 15 is 0 Å². The molecule has 1 fully saturated rings. The fourth-order valence-corrected chi connectivity index (χ4v) is 2.46. The highest BCUT2D eigenvalue weighted by Gasteiger charge is 2.20. The first-order chi connectivity index (χ1) is 7.31. The predicted molar refractivity (Wildman–Crippen MR) is 57.6 cm³/mol. The van der Waals surface area contributed by atoms with Gasteiger partial charge in [-0.15, -0.1) is 0 Å². The molecule has 3 nitrogen and oxygen atoms in total. The topological polar surface area (TPSA) is 46.3 Å². The summed E-state index contributed by atoms with van der Waals surface area (Å²) in [4.78, 5) is 4.38. The summed E-state index contributed by atoms with van der Waals surface area (Å²) in [6.45, 7) is 1.86. The Morgan fingerprint density at radius 2 is 1.93 bits per heavy atom. The number of hydrogen-bond acceptors (Lipinski definition) is 3. The van der Waals surface area contributed by atoms with Crippen LogP contribution in [0.15, 0.2) is 4.42 Å². The van der Waals surface area contributed by atoms with Crippen molar-refractivity contribution in [1.82, 2.24) is 4.98 Å². The summed E-state index contributed by atoms with van der Waals surface area (Å²) in [6, 6.07) is 0. The van der Waals surface area contributed by atoms with Gasteiger partial charge in [0.25, 0.3) is 0 Å². The van der Waals surface area contributed by atoms with Crippen LogP contribution in [0.3, 0.4) is 0 Å². The van der Waals surface area contributed by atoms with Gasteiger partial charge >= 0.3 is 0 Å². The molecule has 0 aliphatic heterocycles. The van der Waals surface area contributed by atoms with Crippen LogP contribution in [0.25, 0.3) is 0 Å². The molecule has 15 heavy (non-hydrogen) atoms. The lowest BCUT2D eigenvalue weighted by Crippen LogP contribution is -1.99. The van der Waals surface area contributed by atoms with Crippen LogP contribution in [0, 0.1) is 6.92 Å². The summed E-state index contributed by atoms with van der Waals surface area (Å²) in [7, 11) is 0. The minimum Gasteiger partial charge on any atom is -0.443 e. The molecule has 0 spiro atoms. The van der Waals surface area contributed by atoms with E-state index in [0.29, 0.717) is 11.8 Å². The van der Waals surface area contributed by atoms with E-state index in [1.165, 1.54) is 38.5 Å². The van der Waals surface area contributed by atoms with E-state index in [4.69, 9.17) is 9.52 Å². The monoisotopic (exact) mass is 209 g/mol. The highest BCUT2D eigenvalue weighted by atomic mass is 16.4. The molecule has 1 aromatic rings. The van der Waals surface area contributed by atoms with E-state index in [1.54, 1.807) is 0 Å². The van der Waals surface area contributed by atoms with Crippen LogP contribution in [-0.2, 0) is 6.61 Å². The van der Waals surface area contributed by atoms with Crippen LogP contribution in [0.5, 0.6) is 0 Å². The van der Waals surface area contributed by atoms with Crippen LogP contribution < -0.4 is 0 Å². The molecular weight excluding hydrogens is 190 g/mol. The van der Waals surface area contributed by atoms with Gasteiger partial charge in [-0.2, -0.15) is 0 Å². The van der Waals surface area contributed by atoms with Crippen molar-refractivity contribution in [2.24, 2.45) is 0 Å². The molecule has 0 atom stereocenters. The summed E-state index contributed by atoms with van der Waals surface area (Å²) < 4.78 is 5.40. The van der Waals surface area contributed by atoms with Gasteiger partial charge in [-0.05, 0) is 19.8 Å². The average Bonchev–Trinajstić information content (AvgIpc) is 2.48. The average molecular weight is 209 g/mol. The second-order valence-electron chi connectivity index (χ2n) is 4.40. The second-order valence-corrected chi connectivity index (χ2v) is 4.40. The van der Waals surface area contributed by atoms with E-state index < -0.39 is 0 Å². The number of aliphatic hydroxyl groups is 1. The number of aromatic nitrogens is 1. The molecule has 0 amide bonds. The molecule has 2 rings (SSSR count). The van der Waals surface area contributed by atoms with Crippen LogP contribution in [0.1, 0.15) is 61.8 Å². The lowest BCUT2D eigenvalue weighted by molar-refractivity contribution is 0.238. The van der Waals surface area contributed by atoms with Crippen LogP contribution in [0.2, 0.25) is 0 Å². The summed E-state index contributed by atoms with van der Waals surface area (Å²) in [5.41, 5.74) is 1.08. The minimum atomic E-state index is -0.0897. The number of aryl methyl sites for hydroxylation is 1. The number of hydrogen-bond donors (Lipinski definition) is 1. The van der Waals surface area contributed by atoms with Crippen LogP contribution in [-0.4, -0.2) is 10.1 Å². The maximum absolute atomic E-state index is 8.97. The minimum absolute atomic E-state index is 0.0897. The van der Waals surface area contributed by atoms with E-state index in [0.717, 1.165) is 11.5 Å². The lowest BCUT2D eigenvalue weighted by Gasteiger charge is -2.10. The molecule has 1 saturated carbocycles. The Labute approximate surface area is 90.5 Å². The fourth-order valence-electron chi connectivity index (χ4n) is 2.46. The lowest BCUT2D eigenvalue weighted by atomic mass is 9.96. The van der Waals surface area contributed by atoms with Gasteiger partial charge in [0.15, 0.2) is 0 Å². The Morgan fingerprint density at radius 1 is 1.27 bits per heavy atom. The Morgan fingerprint density at radius 3 is 2.47 bits per heavy atom. The first kappa shape index (κ1) is 10.7. The summed E-state index contributed by atoms with van der Waals surface area (Å²) >= 11 is 0. The highest BCUT2D eigenvalue weighted by Crippen LogP contribution is 2.32. The molecule has 1 aliphatic carbocycles. The Bertz CT molecular complexity index is 311. The third kappa shape index (κ3) is 2.40. The zero-order chi connectivity index (χ0) is 10.7. The zero-order valence-electron chi connectivity index (χ0n) is 9.33. The standard InChI is InChI=1S/C12H19NO2/c1-9-12(13-11(8-14)15-9)10-6-4-2-3-5-7-10/h10,14H,2-8H2,1H3. The van der Waals surface area contributed by atoms with Crippen LogP contribution >= 0.6 is 0 Å². The molecule has 1 N–H and O–H groups in total. The number of nitrogens with zero attached hydrogens (tertiary/aromatic N) is 1. The van der Waals surface area contributed by atoms with Gasteiger partial charge in [0.05, 0.1) is 5.69 Å². The first-order valence-electron chi connectivity index (χ1n) is 5.88. The molecule has 0 aromatic carbocycles. The SMILES string of the molecule is Cc1oc(CO)nc1C1CCCCCC1. The van der Waals surface area contributed by atoms with Crippen molar-refractivity contribution in [3.63, 3.8) is 0 Å². The Balaban J connectivity index is 2.15.